The standard InChI is InChI=1S/C45H81O12P/c1-3-5-7-9-11-13-15-17-18-19-20-21-22-23-24-26-28-30-32-34-39(46)56-38(36-54-35-33-31-29-27-25-16-14-12-10-8-6-4-2)37-55-58(52,53)57-45-43(50)41(48)40(47)42(49)44(45)51/h10-13,17-18,20-21,38,40-45,47-51H,3-9,14-16,19,22-37H2,1-2H3,(H,52,53)/b12-10-,13-11-,18-17-,21-20-. The molecular weight excluding hydrogens is 763 g/mol. The minimum absolute atomic E-state index is 0.0876. The monoisotopic (exact) mass is 845 g/mol. The molecule has 6 N–H and O–H groups in total. The van der Waals surface area contributed by atoms with Gasteiger partial charge in [-0.1, -0.05) is 140 Å². The van der Waals surface area contributed by atoms with E-state index in [1.807, 2.05) is 0 Å². The second-order valence-corrected chi connectivity index (χ2v) is 16.9. The quantitative estimate of drug-likeness (QED) is 0.0151. The summed E-state index contributed by atoms with van der Waals surface area (Å²) < 4.78 is 34.1. The number of phosphoric acid groups is 1. The van der Waals surface area contributed by atoms with Crippen LogP contribution in [0.2, 0.25) is 0 Å². The van der Waals surface area contributed by atoms with Crippen LogP contribution < -0.4 is 0 Å². The minimum atomic E-state index is -5.02. The maximum Gasteiger partial charge on any atom is 0.472 e. The van der Waals surface area contributed by atoms with Gasteiger partial charge in [0.25, 0.3) is 0 Å². The van der Waals surface area contributed by atoms with Crippen LogP contribution in [0.1, 0.15) is 168 Å². The lowest BCUT2D eigenvalue weighted by Gasteiger charge is -2.41. The van der Waals surface area contributed by atoms with Crippen molar-refractivity contribution in [3.05, 3.63) is 48.6 Å². The van der Waals surface area contributed by atoms with Gasteiger partial charge in [-0.3, -0.25) is 13.8 Å². The van der Waals surface area contributed by atoms with Crippen LogP contribution in [0.25, 0.3) is 0 Å². The van der Waals surface area contributed by atoms with E-state index in [1.165, 1.54) is 51.4 Å². The molecule has 1 fully saturated rings. The first-order valence-electron chi connectivity index (χ1n) is 22.5. The fourth-order valence-electron chi connectivity index (χ4n) is 6.52. The maximum atomic E-state index is 12.8. The number of carbonyl (C=O) groups is 1. The number of ether oxygens (including phenoxy) is 2. The smallest absolute Gasteiger partial charge is 0.457 e. The highest BCUT2D eigenvalue weighted by Gasteiger charge is 2.51. The van der Waals surface area contributed by atoms with Gasteiger partial charge in [-0.2, -0.15) is 0 Å². The second-order valence-electron chi connectivity index (χ2n) is 15.5. The molecule has 6 atom stereocenters. The van der Waals surface area contributed by atoms with Crippen molar-refractivity contribution in [2.75, 3.05) is 19.8 Å². The average molecular weight is 845 g/mol. The van der Waals surface area contributed by atoms with Crippen LogP contribution in [0.4, 0.5) is 0 Å². The highest BCUT2D eigenvalue weighted by Crippen LogP contribution is 2.47. The Hall–Kier alpha value is -1.70. The first kappa shape index (κ1) is 54.3. The molecule has 0 spiro atoms. The molecule has 0 saturated heterocycles. The number of esters is 1. The summed E-state index contributed by atoms with van der Waals surface area (Å²) in [6, 6.07) is 0. The van der Waals surface area contributed by atoms with Crippen molar-refractivity contribution in [3.8, 4) is 0 Å². The van der Waals surface area contributed by atoms with Crippen LogP contribution in [-0.4, -0.2) is 98.9 Å². The van der Waals surface area contributed by atoms with Crippen molar-refractivity contribution in [2.24, 2.45) is 0 Å². The lowest BCUT2D eigenvalue weighted by molar-refractivity contribution is -0.220. The van der Waals surface area contributed by atoms with Crippen molar-refractivity contribution in [2.45, 2.75) is 211 Å². The van der Waals surface area contributed by atoms with Gasteiger partial charge in [0.1, 0.15) is 42.7 Å². The molecule has 1 aliphatic rings. The third-order valence-electron chi connectivity index (χ3n) is 10.2. The van der Waals surface area contributed by atoms with Crippen LogP contribution in [-0.2, 0) is 27.9 Å². The van der Waals surface area contributed by atoms with Gasteiger partial charge in [0.05, 0.1) is 13.2 Å². The van der Waals surface area contributed by atoms with E-state index in [-0.39, 0.29) is 13.0 Å². The van der Waals surface area contributed by atoms with Gasteiger partial charge in [0.2, 0.25) is 0 Å². The fourth-order valence-corrected chi connectivity index (χ4v) is 7.49. The zero-order valence-electron chi connectivity index (χ0n) is 35.8. The zero-order valence-corrected chi connectivity index (χ0v) is 36.7. The number of carbonyl (C=O) groups excluding carboxylic acids is 1. The fraction of sp³-hybridized carbons (Fsp3) is 0.800. The van der Waals surface area contributed by atoms with Crippen molar-refractivity contribution >= 4 is 13.8 Å². The summed E-state index contributed by atoms with van der Waals surface area (Å²) in [5.41, 5.74) is 0. The molecule has 0 aromatic carbocycles. The predicted molar refractivity (Wildman–Crippen MR) is 230 cm³/mol. The Morgan fingerprint density at radius 1 is 0.552 bits per heavy atom. The SMILES string of the molecule is CCCC/C=C\CCCCCCCCOCC(COP(=O)(O)OC1C(O)C(O)C(O)C(O)C1O)OC(=O)CCCCCCCC/C=C\C/C=C\C/C=C\CCCCC. The van der Waals surface area contributed by atoms with Crippen LogP contribution >= 0.6 is 7.82 Å². The summed E-state index contributed by atoms with van der Waals surface area (Å²) >= 11 is 0. The summed E-state index contributed by atoms with van der Waals surface area (Å²) in [5.74, 6) is -0.494. The van der Waals surface area contributed by atoms with Gasteiger partial charge in [0, 0.05) is 13.0 Å². The molecular formula is C45H81O12P. The summed E-state index contributed by atoms with van der Waals surface area (Å²) in [6.07, 6.45) is 30.3. The second kappa shape index (κ2) is 36.0. The summed E-state index contributed by atoms with van der Waals surface area (Å²) in [5, 5.41) is 50.1. The van der Waals surface area contributed by atoms with Crippen molar-refractivity contribution in [1.29, 1.82) is 0 Å². The van der Waals surface area contributed by atoms with E-state index in [9.17, 15) is 39.8 Å². The van der Waals surface area contributed by atoms with Gasteiger partial charge in [-0.15, -0.1) is 0 Å². The van der Waals surface area contributed by atoms with Gasteiger partial charge >= 0.3 is 13.8 Å². The van der Waals surface area contributed by atoms with E-state index in [0.29, 0.717) is 13.0 Å². The summed E-state index contributed by atoms with van der Waals surface area (Å²) in [6.45, 7) is 4.16. The Morgan fingerprint density at radius 3 is 1.53 bits per heavy atom. The van der Waals surface area contributed by atoms with Crippen LogP contribution in [0, 0.1) is 0 Å². The first-order chi connectivity index (χ1) is 28.0. The number of aliphatic hydroxyl groups is 5. The lowest BCUT2D eigenvalue weighted by atomic mass is 9.85. The number of allylic oxidation sites excluding steroid dienone is 8. The molecule has 13 heteroatoms. The third kappa shape index (κ3) is 27.9. The van der Waals surface area contributed by atoms with Gasteiger partial charge < -0.3 is 39.9 Å². The highest BCUT2D eigenvalue weighted by atomic mass is 31.2. The molecule has 58 heavy (non-hydrogen) atoms. The van der Waals surface area contributed by atoms with Crippen molar-refractivity contribution in [3.63, 3.8) is 0 Å². The predicted octanol–water partition coefficient (Wildman–Crippen LogP) is 8.86. The molecule has 1 aliphatic carbocycles. The Labute approximate surface area is 350 Å². The number of hydrogen-bond acceptors (Lipinski definition) is 11. The van der Waals surface area contributed by atoms with Crippen LogP contribution in [0.15, 0.2) is 48.6 Å². The number of hydrogen-bond donors (Lipinski definition) is 6. The lowest BCUT2D eigenvalue weighted by Crippen LogP contribution is -2.64. The summed E-state index contributed by atoms with van der Waals surface area (Å²) in [4.78, 5) is 23.1. The summed E-state index contributed by atoms with van der Waals surface area (Å²) in [7, 11) is -5.02. The molecule has 12 nitrogen and oxygen atoms in total. The van der Waals surface area contributed by atoms with Gasteiger partial charge in [0.15, 0.2) is 0 Å². The Bertz CT molecular complexity index is 1140. The molecule has 6 unspecified atom stereocenters. The Balaban J connectivity index is 2.41. The van der Waals surface area contributed by atoms with Crippen molar-refractivity contribution < 1.29 is 58.3 Å². The van der Waals surface area contributed by atoms with E-state index in [1.54, 1.807) is 0 Å². The molecule has 338 valence electrons. The number of unbranched alkanes of at least 4 members (excludes halogenated alkanes) is 17. The number of rotatable bonds is 37. The number of phosphoric ester groups is 1. The largest absolute Gasteiger partial charge is 0.472 e. The highest BCUT2D eigenvalue weighted by molar-refractivity contribution is 7.47. The van der Waals surface area contributed by atoms with E-state index in [0.717, 1.165) is 89.9 Å². The number of aliphatic hydroxyl groups excluding tert-OH is 5. The normalized spacial score (nSPS) is 23.1. The molecule has 0 aromatic rings. The van der Waals surface area contributed by atoms with E-state index < -0.39 is 63.1 Å². The molecule has 0 aromatic heterocycles. The molecule has 1 rings (SSSR count). The van der Waals surface area contributed by atoms with Gasteiger partial charge in [-0.25, -0.2) is 4.57 Å². The molecule has 0 amide bonds. The third-order valence-corrected chi connectivity index (χ3v) is 11.2. The topological polar surface area (TPSA) is 192 Å². The minimum Gasteiger partial charge on any atom is -0.457 e. The first-order valence-corrected chi connectivity index (χ1v) is 24.0. The molecule has 0 radical (unpaired) electrons. The average Bonchev–Trinajstić information content (AvgIpc) is 3.21. The maximum absolute atomic E-state index is 12.8. The van der Waals surface area contributed by atoms with Crippen LogP contribution in [0.3, 0.4) is 0 Å². The molecule has 0 aliphatic heterocycles. The zero-order chi connectivity index (χ0) is 42.7. The Kier molecular flexibility index (Phi) is 33.7. The molecule has 0 heterocycles. The van der Waals surface area contributed by atoms with E-state index in [2.05, 4.69) is 62.5 Å². The Morgan fingerprint density at radius 2 is 0.983 bits per heavy atom. The van der Waals surface area contributed by atoms with E-state index >= 15 is 0 Å². The van der Waals surface area contributed by atoms with Gasteiger partial charge in [-0.05, 0) is 70.6 Å². The van der Waals surface area contributed by atoms with Crippen molar-refractivity contribution in [1.82, 2.24) is 0 Å². The van der Waals surface area contributed by atoms with E-state index in [4.69, 9.17) is 18.5 Å². The van der Waals surface area contributed by atoms with Crippen LogP contribution in [0.5, 0.6) is 0 Å². The molecule has 0 bridgehead atoms. The molecule has 1 saturated carbocycles.